The van der Waals surface area contributed by atoms with Crippen molar-refractivity contribution >= 4 is 15.9 Å². The van der Waals surface area contributed by atoms with E-state index in [1.165, 1.54) is 44.6 Å². The van der Waals surface area contributed by atoms with Crippen molar-refractivity contribution in [3.63, 3.8) is 0 Å². The normalized spacial score (nSPS) is 18.1. The molecule has 20 heavy (non-hydrogen) atoms. The third kappa shape index (κ3) is 4.56. The van der Waals surface area contributed by atoms with Gasteiger partial charge in [0, 0.05) is 6.04 Å². The highest BCUT2D eigenvalue weighted by atomic mass is 79.9. The van der Waals surface area contributed by atoms with E-state index in [1.807, 2.05) is 6.07 Å². The number of benzene rings is 1. The number of hydrogen-bond acceptors (Lipinski definition) is 1. The first-order valence-electron chi connectivity index (χ1n) is 7.87. The van der Waals surface area contributed by atoms with Crippen molar-refractivity contribution in [2.75, 3.05) is 6.54 Å². The van der Waals surface area contributed by atoms with Crippen molar-refractivity contribution in [3.8, 4) is 0 Å². The predicted octanol–water partition coefficient (Wildman–Crippen LogP) is 5.08. The van der Waals surface area contributed by atoms with Gasteiger partial charge >= 0.3 is 0 Å². The zero-order valence-corrected chi connectivity index (χ0v) is 13.9. The number of hydrogen-bond donors (Lipinski definition) is 1. The van der Waals surface area contributed by atoms with Crippen LogP contribution in [0, 0.1) is 11.7 Å². The van der Waals surface area contributed by atoms with E-state index in [0.717, 1.165) is 24.4 Å². The lowest BCUT2D eigenvalue weighted by molar-refractivity contribution is 0.298. The Hall–Kier alpha value is -0.410. The van der Waals surface area contributed by atoms with Gasteiger partial charge < -0.3 is 5.32 Å². The Bertz CT molecular complexity index is 415. The first-order chi connectivity index (χ1) is 9.70. The molecule has 2 rings (SSSR count). The number of rotatable bonds is 6. The van der Waals surface area contributed by atoms with Gasteiger partial charge in [0.25, 0.3) is 0 Å². The van der Waals surface area contributed by atoms with Gasteiger partial charge in [-0.2, -0.15) is 0 Å². The molecule has 1 atom stereocenters. The van der Waals surface area contributed by atoms with E-state index in [-0.39, 0.29) is 5.82 Å². The second-order valence-electron chi connectivity index (χ2n) is 5.91. The molecule has 3 heteroatoms. The summed E-state index contributed by atoms with van der Waals surface area (Å²) in [5.74, 6) is 0.690. The Morgan fingerprint density at radius 3 is 2.75 bits per heavy atom. The maximum absolute atomic E-state index is 13.6. The van der Waals surface area contributed by atoms with Crippen LogP contribution in [0.3, 0.4) is 0 Å². The molecule has 0 aliphatic heterocycles. The van der Waals surface area contributed by atoms with Crippen LogP contribution in [0.5, 0.6) is 0 Å². The van der Waals surface area contributed by atoms with Gasteiger partial charge in [-0.25, -0.2) is 4.39 Å². The second-order valence-corrected chi connectivity index (χ2v) is 6.70. The summed E-state index contributed by atoms with van der Waals surface area (Å²) in [5, 5.41) is 3.58. The Morgan fingerprint density at radius 2 is 2.05 bits per heavy atom. The molecule has 1 aromatic carbocycles. The van der Waals surface area contributed by atoms with E-state index in [2.05, 4.69) is 28.2 Å². The van der Waals surface area contributed by atoms with Crippen molar-refractivity contribution in [3.05, 3.63) is 34.1 Å². The zero-order chi connectivity index (χ0) is 14.4. The quantitative estimate of drug-likeness (QED) is 0.760. The average molecular weight is 342 g/mol. The van der Waals surface area contributed by atoms with Crippen molar-refractivity contribution in [2.45, 2.75) is 57.9 Å². The summed E-state index contributed by atoms with van der Waals surface area (Å²) in [5.41, 5.74) is 1.08. The zero-order valence-electron chi connectivity index (χ0n) is 12.3. The standard InChI is InChI=1S/C17H25BrFN/c1-2-20-15(11-13-7-4-3-5-8-13)12-14-9-6-10-16(19)17(14)18/h6,9-10,13,15,20H,2-5,7-8,11-12H2,1H3. The highest BCUT2D eigenvalue weighted by Crippen LogP contribution is 2.29. The topological polar surface area (TPSA) is 12.0 Å². The Kier molecular flexibility index (Phi) is 6.50. The molecule has 1 fully saturated rings. The molecule has 1 saturated carbocycles. The van der Waals surface area contributed by atoms with Crippen molar-refractivity contribution in [1.29, 1.82) is 0 Å². The molecule has 112 valence electrons. The van der Waals surface area contributed by atoms with E-state index in [1.54, 1.807) is 6.07 Å². The summed E-state index contributed by atoms with van der Waals surface area (Å²) in [6.45, 7) is 3.12. The van der Waals surface area contributed by atoms with Gasteiger partial charge in [0.2, 0.25) is 0 Å². The van der Waals surface area contributed by atoms with Crippen LogP contribution < -0.4 is 5.32 Å². The van der Waals surface area contributed by atoms with E-state index in [0.29, 0.717) is 10.5 Å². The molecule has 0 aromatic heterocycles. The van der Waals surface area contributed by atoms with Crippen molar-refractivity contribution in [1.82, 2.24) is 5.32 Å². The lowest BCUT2D eigenvalue weighted by atomic mass is 9.83. The molecule has 0 amide bonds. The molecule has 0 radical (unpaired) electrons. The SMILES string of the molecule is CCNC(Cc1cccc(F)c1Br)CC1CCCCC1. The predicted molar refractivity (Wildman–Crippen MR) is 86.5 cm³/mol. The van der Waals surface area contributed by atoms with Crippen LogP contribution in [-0.4, -0.2) is 12.6 Å². The molecular weight excluding hydrogens is 317 g/mol. The fraction of sp³-hybridized carbons (Fsp3) is 0.647. The maximum atomic E-state index is 13.6. The molecule has 1 aromatic rings. The van der Waals surface area contributed by atoms with E-state index in [4.69, 9.17) is 0 Å². The number of halogens is 2. The van der Waals surface area contributed by atoms with Gasteiger partial charge in [0.05, 0.1) is 4.47 Å². The van der Waals surface area contributed by atoms with E-state index in [9.17, 15) is 4.39 Å². The summed E-state index contributed by atoms with van der Waals surface area (Å²) in [6.07, 6.45) is 9.02. The molecule has 1 nitrogen and oxygen atoms in total. The first-order valence-corrected chi connectivity index (χ1v) is 8.66. The second kappa shape index (κ2) is 8.14. The summed E-state index contributed by atoms with van der Waals surface area (Å²) in [4.78, 5) is 0. The summed E-state index contributed by atoms with van der Waals surface area (Å²) < 4.78 is 14.2. The van der Waals surface area contributed by atoms with Gasteiger partial charge in [-0.05, 0) is 52.9 Å². The summed E-state index contributed by atoms with van der Waals surface area (Å²) >= 11 is 3.38. The minimum absolute atomic E-state index is 0.157. The molecule has 1 unspecified atom stereocenters. The van der Waals surface area contributed by atoms with Crippen LogP contribution in [0.2, 0.25) is 0 Å². The molecule has 1 aliphatic rings. The maximum Gasteiger partial charge on any atom is 0.137 e. The van der Waals surface area contributed by atoms with Crippen LogP contribution in [0.1, 0.15) is 51.0 Å². The molecule has 0 saturated heterocycles. The van der Waals surface area contributed by atoms with Crippen molar-refractivity contribution < 1.29 is 4.39 Å². The highest BCUT2D eigenvalue weighted by molar-refractivity contribution is 9.10. The van der Waals surface area contributed by atoms with Crippen LogP contribution in [-0.2, 0) is 6.42 Å². The van der Waals surface area contributed by atoms with Gasteiger partial charge in [-0.15, -0.1) is 0 Å². The monoisotopic (exact) mass is 341 g/mol. The van der Waals surface area contributed by atoms with E-state index < -0.39 is 0 Å². The summed E-state index contributed by atoms with van der Waals surface area (Å²) in [7, 11) is 0. The minimum Gasteiger partial charge on any atom is -0.314 e. The minimum atomic E-state index is -0.157. The summed E-state index contributed by atoms with van der Waals surface area (Å²) in [6, 6.07) is 5.80. The number of likely N-dealkylation sites (N-methyl/N-ethyl adjacent to an activating group) is 1. The average Bonchev–Trinajstić information content (AvgIpc) is 2.45. The fourth-order valence-corrected chi connectivity index (χ4v) is 3.75. The molecule has 0 spiro atoms. The number of nitrogens with one attached hydrogen (secondary N) is 1. The third-order valence-corrected chi connectivity index (χ3v) is 5.22. The van der Waals surface area contributed by atoms with Crippen molar-refractivity contribution in [2.24, 2.45) is 5.92 Å². The van der Waals surface area contributed by atoms with Gasteiger partial charge in [-0.1, -0.05) is 51.2 Å². The highest BCUT2D eigenvalue weighted by Gasteiger charge is 2.19. The lowest BCUT2D eigenvalue weighted by Gasteiger charge is -2.27. The van der Waals surface area contributed by atoms with Crippen LogP contribution in [0.25, 0.3) is 0 Å². The molecule has 0 heterocycles. The Morgan fingerprint density at radius 1 is 1.30 bits per heavy atom. The molecule has 1 aliphatic carbocycles. The van der Waals surface area contributed by atoms with Gasteiger partial charge in [0.1, 0.15) is 5.82 Å². The Balaban J connectivity index is 1.98. The molecule has 0 bridgehead atoms. The van der Waals surface area contributed by atoms with Crippen LogP contribution in [0.15, 0.2) is 22.7 Å². The van der Waals surface area contributed by atoms with Gasteiger partial charge in [0.15, 0.2) is 0 Å². The third-order valence-electron chi connectivity index (χ3n) is 4.33. The van der Waals surface area contributed by atoms with E-state index >= 15 is 0 Å². The van der Waals surface area contributed by atoms with Crippen LogP contribution in [0.4, 0.5) is 4.39 Å². The molecular formula is C17H25BrFN. The fourth-order valence-electron chi connectivity index (χ4n) is 3.32. The largest absolute Gasteiger partial charge is 0.314 e. The first kappa shape index (κ1) is 16.0. The lowest BCUT2D eigenvalue weighted by Crippen LogP contribution is -2.33. The molecule has 1 N–H and O–H groups in total. The van der Waals surface area contributed by atoms with Crippen LogP contribution >= 0.6 is 15.9 Å². The Labute approximate surface area is 130 Å². The van der Waals surface area contributed by atoms with Gasteiger partial charge in [-0.3, -0.25) is 0 Å². The smallest absolute Gasteiger partial charge is 0.137 e.